The Morgan fingerprint density at radius 1 is 1.16 bits per heavy atom. The van der Waals surface area contributed by atoms with Crippen LogP contribution in [0.5, 0.6) is 5.75 Å². The highest BCUT2D eigenvalue weighted by Crippen LogP contribution is 2.12. The molecule has 0 bridgehead atoms. The van der Waals surface area contributed by atoms with E-state index in [1.807, 2.05) is 36.5 Å². The van der Waals surface area contributed by atoms with Gasteiger partial charge in [0.1, 0.15) is 5.75 Å². The Labute approximate surface area is 114 Å². The average Bonchev–Trinajstić information content (AvgIpc) is 2.45. The first kappa shape index (κ1) is 13.6. The monoisotopic (exact) mass is 256 g/mol. The lowest BCUT2D eigenvalue weighted by Crippen LogP contribution is -2.26. The maximum absolute atomic E-state index is 9.23. The van der Waals surface area contributed by atoms with Crippen LogP contribution in [0.25, 0.3) is 0 Å². The van der Waals surface area contributed by atoms with Crippen molar-refractivity contribution in [3.05, 3.63) is 59.9 Å². The van der Waals surface area contributed by atoms with Crippen LogP contribution >= 0.6 is 0 Å². The summed E-state index contributed by atoms with van der Waals surface area (Å²) in [5, 5.41) is 12.7. The highest BCUT2D eigenvalue weighted by molar-refractivity contribution is 5.25. The normalized spacial score (nSPS) is 12.3. The quantitative estimate of drug-likeness (QED) is 0.835. The van der Waals surface area contributed by atoms with Gasteiger partial charge in [0.25, 0.3) is 0 Å². The fourth-order valence-electron chi connectivity index (χ4n) is 1.93. The highest BCUT2D eigenvalue weighted by Gasteiger charge is 2.03. The lowest BCUT2D eigenvalue weighted by atomic mass is 10.1. The van der Waals surface area contributed by atoms with E-state index in [4.69, 9.17) is 0 Å². The third kappa shape index (κ3) is 4.72. The van der Waals surface area contributed by atoms with Gasteiger partial charge in [0.2, 0.25) is 0 Å². The van der Waals surface area contributed by atoms with Gasteiger partial charge in [-0.2, -0.15) is 0 Å². The number of hydrogen-bond donors (Lipinski definition) is 2. The van der Waals surface area contributed by atoms with Gasteiger partial charge in [-0.3, -0.25) is 4.98 Å². The minimum absolute atomic E-state index is 0.324. The van der Waals surface area contributed by atoms with Crippen LogP contribution in [0, 0.1) is 0 Å². The number of hydrogen-bond acceptors (Lipinski definition) is 3. The molecule has 2 N–H and O–H groups in total. The summed E-state index contributed by atoms with van der Waals surface area (Å²) in [7, 11) is 0. The Bertz CT molecular complexity index is 482. The first-order chi connectivity index (χ1) is 9.24. The molecule has 0 aliphatic heterocycles. The summed E-state index contributed by atoms with van der Waals surface area (Å²) in [5.74, 6) is 0.324. The fraction of sp³-hybridized carbons (Fsp3) is 0.312. The largest absolute Gasteiger partial charge is 0.508 e. The van der Waals surface area contributed by atoms with Crippen LogP contribution in [0.4, 0.5) is 0 Å². The second-order valence-electron chi connectivity index (χ2n) is 4.81. The predicted molar refractivity (Wildman–Crippen MR) is 77.0 cm³/mol. The molecule has 0 saturated heterocycles. The number of aromatic hydroxyl groups is 1. The number of nitrogens with zero attached hydrogens (tertiary/aromatic N) is 1. The van der Waals surface area contributed by atoms with Crippen LogP contribution < -0.4 is 5.32 Å². The fourth-order valence-corrected chi connectivity index (χ4v) is 1.93. The Hall–Kier alpha value is -1.87. The summed E-state index contributed by atoms with van der Waals surface area (Å²) in [6.45, 7) is 2.99. The Kier molecular flexibility index (Phi) is 4.93. The van der Waals surface area contributed by atoms with Crippen molar-refractivity contribution in [1.29, 1.82) is 0 Å². The summed E-state index contributed by atoms with van der Waals surface area (Å²) in [4.78, 5) is 4.29. The van der Waals surface area contributed by atoms with Gasteiger partial charge < -0.3 is 10.4 Å². The van der Waals surface area contributed by atoms with Crippen LogP contribution in [0.1, 0.15) is 24.6 Å². The smallest absolute Gasteiger partial charge is 0.115 e. The summed E-state index contributed by atoms with van der Waals surface area (Å²) in [6.07, 6.45) is 3.90. The second-order valence-corrected chi connectivity index (χ2v) is 4.81. The molecule has 3 heteroatoms. The standard InChI is InChI=1S/C16H20N2O/c1-13(18-12-15-4-2-3-11-17-15)5-6-14-7-9-16(19)10-8-14/h2-4,7-11,13,18-19H,5-6,12H2,1H3/t13-/m0/s1. The first-order valence-electron chi connectivity index (χ1n) is 6.65. The van der Waals surface area contributed by atoms with Crippen molar-refractivity contribution in [2.75, 3.05) is 0 Å². The molecule has 0 saturated carbocycles. The number of nitrogens with one attached hydrogen (secondary N) is 1. The van der Waals surface area contributed by atoms with Crippen molar-refractivity contribution in [1.82, 2.24) is 10.3 Å². The molecule has 0 aliphatic rings. The average molecular weight is 256 g/mol. The Morgan fingerprint density at radius 3 is 2.63 bits per heavy atom. The molecule has 0 spiro atoms. The number of phenolic OH excluding ortho intramolecular Hbond substituents is 1. The van der Waals surface area contributed by atoms with E-state index in [0.29, 0.717) is 11.8 Å². The Balaban J connectivity index is 1.72. The van der Waals surface area contributed by atoms with Crippen LogP contribution in [0.15, 0.2) is 48.7 Å². The van der Waals surface area contributed by atoms with Gasteiger partial charge in [-0.25, -0.2) is 0 Å². The van der Waals surface area contributed by atoms with Crippen LogP contribution in [0.3, 0.4) is 0 Å². The summed E-state index contributed by atoms with van der Waals surface area (Å²) >= 11 is 0. The number of benzene rings is 1. The van der Waals surface area contributed by atoms with Crippen molar-refractivity contribution < 1.29 is 5.11 Å². The third-order valence-electron chi connectivity index (χ3n) is 3.16. The molecule has 3 nitrogen and oxygen atoms in total. The molecule has 1 atom stereocenters. The maximum atomic E-state index is 9.23. The van der Waals surface area contributed by atoms with Crippen LogP contribution in [-0.2, 0) is 13.0 Å². The zero-order chi connectivity index (χ0) is 13.5. The van der Waals surface area contributed by atoms with Crippen molar-refractivity contribution in [3.8, 4) is 5.75 Å². The molecule has 1 aromatic heterocycles. The molecule has 2 rings (SSSR count). The first-order valence-corrected chi connectivity index (χ1v) is 6.65. The summed E-state index contributed by atoms with van der Waals surface area (Å²) < 4.78 is 0. The number of aromatic nitrogens is 1. The summed E-state index contributed by atoms with van der Waals surface area (Å²) in [6, 6.07) is 13.8. The van der Waals surface area contributed by atoms with E-state index in [1.165, 1.54) is 5.56 Å². The minimum atomic E-state index is 0.324. The van der Waals surface area contributed by atoms with Gasteiger partial charge in [0, 0.05) is 18.8 Å². The molecule has 0 amide bonds. The molecule has 1 heterocycles. The lowest BCUT2D eigenvalue weighted by Gasteiger charge is -2.13. The van der Waals surface area contributed by atoms with E-state index < -0.39 is 0 Å². The molecule has 0 radical (unpaired) electrons. The van der Waals surface area contributed by atoms with Gasteiger partial charge in [0.05, 0.1) is 5.69 Å². The lowest BCUT2D eigenvalue weighted by molar-refractivity contribution is 0.474. The molecule has 0 fully saturated rings. The van der Waals surface area contributed by atoms with Gasteiger partial charge in [-0.05, 0) is 49.6 Å². The minimum Gasteiger partial charge on any atom is -0.508 e. The topological polar surface area (TPSA) is 45.1 Å². The highest BCUT2D eigenvalue weighted by atomic mass is 16.3. The van der Waals surface area contributed by atoms with E-state index in [2.05, 4.69) is 17.2 Å². The number of pyridine rings is 1. The molecular weight excluding hydrogens is 236 g/mol. The number of phenols is 1. The van der Waals surface area contributed by atoms with Crippen LogP contribution in [0.2, 0.25) is 0 Å². The van der Waals surface area contributed by atoms with E-state index >= 15 is 0 Å². The zero-order valence-electron chi connectivity index (χ0n) is 11.2. The molecule has 0 aliphatic carbocycles. The van der Waals surface area contributed by atoms with E-state index in [-0.39, 0.29) is 0 Å². The molecule has 1 aromatic carbocycles. The van der Waals surface area contributed by atoms with Crippen molar-refractivity contribution in [2.45, 2.75) is 32.4 Å². The van der Waals surface area contributed by atoms with E-state index in [9.17, 15) is 5.11 Å². The zero-order valence-corrected chi connectivity index (χ0v) is 11.2. The summed E-state index contributed by atoms with van der Waals surface area (Å²) in [5.41, 5.74) is 2.32. The second kappa shape index (κ2) is 6.90. The van der Waals surface area contributed by atoms with Crippen molar-refractivity contribution >= 4 is 0 Å². The van der Waals surface area contributed by atoms with Gasteiger partial charge in [0.15, 0.2) is 0 Å². The number of aryl methyl sites for hydroxylation is 1. The predicted octanol–water partition coefficient (Wildman–Crippen LogP) is 2.90. The van der Waals surface area contributed by atoms with Gasteiger partial charge in [-0.15, -0.1) is 0 Å². The van der Waals surface area contributed by atoms with E-state index in [0.717, 1.165) is 25.1 Å². The van der Waals surface area contributed by atoms with Crippen molar-refractivity contribution in [3.63, 3.8) is 0 Å². The van der Waals surface area contributed by atoms with E-state index in [1.54, 1.807) is 12.1 Å². The molecule has 2 aromatic rings. The van der Waals surface area contributed by atoms with Gasteiger partial charge in [-0.1, -0.05) is 18.2 Å². The number of rotatable bonds is 6. The van der Waals surface area contributed by atoms with Crippen molar-refractivity contribution in [2.24, 2.45) is 0 Å². The van der Waals surface area contributed by atoms with Gasteiger partial charge >= 0.3 is 0 Å². The Morgan fingerprint density at radius 2 is 1.95 bits per heavy atom. The molecule has 0 unspecified atom stereocenters. The van der Waals surface area contributed by atoms with Crippen LogP contribution in [-0.4, -0.2) is 16.1 Å². The third-order valence-corrected chi connectivity index (χ3v) is 3.16. The molecule has 100 valence electrons. The molecule has 19 heavy (non-hydrogen) atoms. The molecular formula is C16H20N2O. The maximum Gasteiger partial charge on any atom is 0.115 e. The SMILES string of the molecule is C[C@@H](CCc1ccc(O)cc1)NCc1ccccn1.